The highest BCUT2D eigenvalue weighted by molar-refractivity contribution is 6.33. The third-order valence-electron chi connectivity index (χ3n) is 3.84. The van der Waals surface area contributed by atoms with Crippen molar-refractivity contribution in [3.8, 4) is 5.82 Å². The van der Waals surface area contributed by atoms with Crippen LogP contribution < -0.4 is 10.6 Å². The van der Waals surface area contributed by atoms with Crippen molar-refractivity contribution in [3.63, 3.8) is 0 Å². The molecule has 0 aliphatic carbocycles. The first-order valence-corrected chi connectivity index (χ1v) is 9.18. The van der Waals surface area contributed by atoms with Crippen molar-refractivity contribution in [2.24, 2.45) is 0 Å². The van der Waals surface area contributed by atoms with E-state index in [1.54, 1.807) is 22.9 Å². The number of hydrogen-bond acceptors (Lipinski definition) is 7. The molecule has 0 saturated heterocycles. The SMILES string of the molecule is Cc1cc(C)n(-c2ccc(Cl)c(C(=O)OCC(=O)NC(=O)NCc3ccco3)n2)n1. The smallest absolute Gasteiger partial charge is 0.359 e. The van der Waals surface area contributed by atoms with Gasteiger partial charge in [0.05, 0.1) is 23.5 Å². The Bertz CT molecular complexity index is 1080. The molecule has 2 N–H and O–H groups in total. The van der Waals surface area contributed by atoms with E-state index in [0.29, 0.717) is 11.6 Å². The van der Waals surface area contributed by atoms with Gasteiger partial charge in [0.25, 0.3) is 5.91 Å². The van der Waals surface area contributed by atoms with Crippen LogP contribution in [0.1, 0.15) is 27.6 Å². The Morgan fingerprint density at radius 1 is 1.23 bits per heavy atom. The molecule has 0 fully saturated rings. The number of aromatic nitrogens is 3. The number of aryl methyl sites for hydroxylation is 2. The molecular weight excluding hydrogens is 414 g/mol. The zero-order valence-corrected chi connectivity index (χ0v) is 16.9. The van der Waals surface area contributed by atoms with Gasteiger partial charge in [0.2, 0.25) is 0 Å². The van der Waals surface area contributed by atoms with Crippen LogP contribution in [-0.2, 0) is 16.1 Å². The summed E-state index contributed by atoms with van der Waals surface area (Å²) in [7, 11) is 0. The minimum Gasteiger partial charge on any atom is -0.467 e. The zero-order chi connectivity index (χ0) is 21.7. The first-order valence-electron chi connectivity index (χ1n) is 8.81. The third-order valence-corrected chi connectivity index (χ3v) is 4.15. The maximum absolute atomic E-state index is 12.3. The van der Waals surface area contributed by atoms with Gasteiger partial charge < -0.3 is 14.5 Å². The molecule has 3 amide bonds. The Labute approximate surface area is 176 Å². The number of carbonyl (C=O) groups excluding carboxylic acids is 3. The average Bonchev–Trinajstić information content (AvgIpc) is 3.34. The summed E-state index contributed by atoms with van der Waals surface area (Å²) in [6.07, 6.45) is 1.46. The molecule has 3 aromatic heterocycles. The number of nitrogens with one attached hydrogen (secondary N) is 2. The molecule has 0 radical (unpaired) electrons. The second-order valence-electron chi connectivity index (χ2n) is 6.23. The molecule has 3 heterocycles. The molecule has 11 heteroatoms. The lowest BCUT2D eigenvalue weighted by atomic mass is 10.3. The molecule has 3 aromatic rings. The van der Waals surface area contributed by atoms with Crippen LogP contribution in [0.5, 0.6) is 0 Å². The highest BCUT2D eigenvalue weighted by atomic mass is 35.5. The molecule has 30 heavy (non-hydrogen) atoms. The zero-order valence-electron chi connectivity index (χ0n) is 16.1. The van der Waals surface area contributed by atoms with Crippen LogP contribution >= 0.6 is 11.6 Å². The minimum absolute atomic E-state index is 0.0573. The summed E-state index contributed by atoms with van der Waals surface area (Å²) in [5.41, 5.74) is 1.44. The van der Waals surface area contributed by atoms with Crippen LogP contribution in [0.4, 0.5) is 4.79 Å². The first-order chi connectivity index (χ1) is 14.3. The van der Waals surface area contributed by atoms with Crippen molar-refractivity contribution in [1.29, 1.82) is 0 Å². The second-order valence-corrected chi connectivity index (χ2v) is 6.63. The first kappa shape index (κ1) is 21.1. The number of urea groups is 1. The number of amides is 3. The second kappa shape index (κ2) is 9.23. The van der Waals surface area contributed by atoms with Gasteiger partial charge in [-0.05, 0) is 44.2 Å². The maximum atomic E-state index is 12.3. The van der Waals surface area contributed by atoms with Crippen LogP contribution in [0.2, 0.25) is 5.02 Å². The molecular formula is C19H18ClN5O5. The largest absolute Gasteiger partial charge is 0.467 e. The van der Waals surface area contributed by atoms with E-state index in [9.17, 15) is 14.4 Å². The monoisotopic (exact) mass is 431 g/mol. The molecule has 0 aliphatic rings. The Hall–Kier alpha value is -3.66. The topological polar surface area (TPSA) is 128 Å². The van der Waals surface area contributed by atoms with Gasteiger partial charge in [-0.25, -0.2) is 19.3 Å². The van der Waals surface area contributed by atoms with Crippen LogP contribution in [0, 0.1) is 13.8 Å². The van der Waals surface area contributed by atoms with Crippen LogP contribution in [-0.4, -0.2) is 39.3 Å². The third kappa shape index (κ3) is 5.23. The van der Waals surface area contributed by atoms with E-state index in [1.165, 1.54) is 12.3 Å². The quantitative estimate of drug-likeness (QED) is 0.573. The molecule has 0 aromatic carbocycles. The lowest BCUT2D eigenvalue weighted by Crippen LogP contribution is -2.41. The summed E-state index contributed by atoms with van der Waals surface area (Å²) in [4.78, 5) is 40.0. The van der Waals surface area contributed by atoms with E-state index >= 15 is 0 Å². The highest BCUT2D eigenvalue weighted by Gasteiger charge is 2.18. The van der Waals surface area contributed by atoms with Gasteiger partial charge in [-0.2, -0.15) is 5.10 Å². The number of carbonyl (C=O) groups is 3. The Morgan fingerprint density at radius 2 is 2.03 bits per heavy atom. The predicted octanol–water partition coefficient (Wildman–Crippen LogP) is 2.31. The number of furan rings is 1. The average molecular weight is 432 g/mol. The lowest BCUT2D eigenvalue weighted by molar-refractivity contribution is -0.123. The van der Waals surface area contributed by atoms with Crippen LogP contribution in [0.15, 0.2) is 41.0 Å². The van der Waals surface area contributed by atoms with Crippen molar-refractivity contribution < 1.29 is 23.5 Å². The molecule has 156 valence electrons. The Morgan fingerprint density at radius 3 is 2.70 bits per heavy atom. The number of ether oxygens (including phenoxy) is 1. The van der Waals surface area contributed by atoms with Gasteiger partial charge in [-0.15, -0.1) is 0 Å². The van der Waals surface area contributed by atoms with Gasteiger partial charge in [0, 0.05) is 5.69 Å². The molecule has 0 unspecified atom stereocenters. The van der Waals surface area contributed by atoms with Gasteiger partial charge >= 0.3 is 12.0 Å². The number of halogens is 1. The van der Waals surface area contributed by atoms with Gasteiger partial charge in [0.15, 0.2) is 18.1 Å². The maximum Gasteiger partial charge on any atom is 0.359 e. The molecule has 0 spiro atoms. The predicted molar refractivity (Wildman–Crippen MR) is 105 cm³/mol. The summed E-state index contributed by atoms with van der Waals surface area (Å²) < 4.78 is 11.5. The summed E-state index contributed by atoms with van der Waals surface area (Å²) in [5, 5.41) is 8.82. The number of hydrogen-bond donors (Lipinski definition) is 2. The van der Waals surface area contributed by atoms with Gasteiger partial charge in [-0.1, -0.05) is 11.6 Å². The summed E-state index contributed by atoms with van der Waals surface area (Å²) in [6.45, 7) is 3.09. The molecule has 0 saturated carbocycles. The van der Waals surface area contributed by atoms with Crippen molar-refractivity contribution in [1.82, 2.24) is 25.4 Å². The van der Waals surface area contributed by atoms with Crippen molar-refractivity contribution in [2.45, 2.75) is 20.4 Å². The van der Waals surface area contributed by atoms with Crippen molar-refractivity contribution in [3.05, 3.63) is 64.5 Å². The highest BCUT2D eigenvalue weighted by Crippen LogP contribution is 2.18. The molecule has 10 nitrogen and oxygen atoms in total. The van der Waals surface area contributed by atoms with E-state index in [4.69, 9.17) is 20.8 Å². The fourth-order valence-corrected chi connectivity index (χ4v) is 2.72. The number of rotatable bonds is 6. The van der Waals surface area contributed by atoms with E-state index in [0.717, 1.165) is 11.4 Å². The van der Waals surface area contributed by atoms with E-state index in [-0.39, 0.29) is 17.3 Å². The number of nitrogens with zero attached hydrogens (tertiary/aromatic N) is 3. The summed E-state index contributed by atoms with van der Waals surface area (Å²) in [5.74, 6) is -0.827. The fourth-order valence-electron chi connectivity index (χ4n) is 2.54. The lowest BCUT2D eigenvalue weighted by Gasteiger charge is -2.09. The number of imide groups is 1. The molecule has 0 aliphatic heterocycles. The number of esters is 1. The summed E-state index contributed by atoms with van der Waals surface area (Å²) >= 11 is 6.05. The molecule has 3 rings (SSSR count). The van der Waals surface area contributed by atoms with Crippen molar-refractivity contribution in [2.75, 3.05) is 6.61 Å². The van der Waals surface area contributed by atoms with E-state index < -0.39 is 24.5 Å². The Kier molecular flexibility index (Phi) is 6.48. The van der Waals surface area contributed by atoms with Gasteiger partial charge in [0.1, 0.15) is 5.76 Å². The fraction of sp³-hybridized carbons (Fsp3) is 0.211. The van der Waals surface area contributed by atoms with Crippen molar-refractivity contribution >= 4 is 29.5 Å². The Balaban J connectivity index is 1.56. The normalized spacial score (nSPS) is 10.5. The standard InChI is InChI=1S/C19H18ClN5O5/c1-11-8-12(2)25(24-11)15-6-5-14(20)17(22-15)18(27)30-10-16(26)23-19(28)21-9-13-4-3-7-29-13/h3-8H,9-10H2,1-2H3,(H2,21,23,26,28). The van der Waals surface area contributed by atoms with E-state index in [1.807, 2.05) is 25.2 Å². The molecule has 0 atom stereocenters. The van der Waals surface area contributed by atoms with Crippen LogP contribution in [0.3, 0.4) is 0 Å². The number of pyridine rings is 1. The summed E-state index contributed by atoms with van der Waals surface area (Å²) in [6, 6.07) is 7.53. The van der Waals surface area contributed by atoms with Crippen LogP contribution in [0.25, 0.3) is 5.82 Å². The minimum atomic E-state index is -0.908. The van der Waals surface area contributed by atoms with E-state index in [2.05, 4.69) is 15.4 Å². The molecule has 0 bridgehead atoms. The van der Waals surface area contributed by atoms with Gasteiger partial charge in [-0.3, -0.25) is 10.1 Å².